The number of urea groups is 2. The molecule has 146 valence electrons. The zero-order valence-corrected chi connectivity index (χ0v) is 15.9. The molecule has 0 radical (unpaired) electrons. The molecule has 8 heteroatoms. The van der Waals surface area contributed by atoms with Crippen LogP contribution in [0.3, 0.4) is 0 Å². The number of imide groups is 2. The fourth-order valence-electron chi connectivity index (χ4n) is 3.14. The summed E-state index contributed by atoms with van der Waals surface area (Å²) >= 11 is 0. The van der Waals surface area contributed by atoms with Gasteiger partial charge >= 0.3 is 12.1 Å². The summed E-state index contributed by atoms with van der Waals surface area (Å²) in [7, 11) is 0. The van der Waals surface area contributed by atoms with E-state index in [0.29, 0.717) is 5.56 Å². The van der Waals surface area contributed by atoms with Crippen LogP contribution in [0.4, 0.5) is 9.59 Å². The first-order chi connectivity index (χ1) is 13.2. The molecule has 1 heterocycles. The number of rotatable bonds is 4. The fraction of sp³-hybridized carbons (Fsp3) is 0.300. The van der Waals surface area contributed by atoms with Crippen LogP contribution in [0.1, 0.15) is 26.3 Å². The molecule has 2 aromatic rings. The van der Waals surface area contributed by atoms with Gasteiger partial charge in [0.15, 0.2) is 0 Å². The van der Waals surface area contributed by atoms with Crippen LogP contribution in [-0.4, -0.2) is 41.4 Å². The van der Waals surface area contributed by atoms with Gasteiger partial charge in [0.2, 0.25) is 5.91 Å². The lowest BCUT2D eigenvalue weighted by molar-refractivity contribution is -0.134. The van der Waals surface area contributed by atoms with Gasteiger partial charge < -0.3 is 10.6 Å². The van der Waals surface area contributed by atoms with Crippen LogP contribution in [0.5, 0.6) is 0 Å². The average Bonchev–Trinajstić information content (AvgIpc) is 2.84. The number of fused-ring (bicyclic) bond motifs is 1. The highest BCUT2D eigenvalue weighted by atomic mass is 16.2. The van der Waals surface area contributed by atoms with Gasteiger partial charge in [-0.1, -0.05) is 36.4 Å². The van der Waals surface area contributed by atoms with E-state index in [4.69, 9.17) is 0 Å². The second kappa shape index (κ2) is 7.30. The van der Waals surface area contributed by atoms with Crippen molar-refractivity contribution in [3.05, 3.63) is 48.0 Å². The van der Waals surface area contributed by atoms with Crippen LogP contribution < -0.4 is 16.0 Å². The van der Waals surface area contributed by atoms with Gasteiger partial charge in [-0.2, -0.15) is 0 Å². The number of benzene rings is 2. The summed E-state index contributed by atoms with van der Waals surface area (Å²) in [5.74, 6) is -1.29. The number of nitrogens with zero attached hydrogens (tertiary/aromatic N) is 1. The van der Waals surface area contributed by atoms with Gasteiger partial charge in [-0.25, -0.2) is 9.59 Å². The Hall–Kier alpha value is -3.42. The van der Waals surface area contributed by atoms with E-state index < -0.39 is 36.0 Å². The maximum Gasteiger partial charge on any atom is 0.325 e. The molecular weight excluding hydrogens is 360 g/mol. The van der Waals surface area contributed by atoms with Crippen LogP contribution >= 0.6 is 0 Å². The van der Waals surface area contributed by atoms with Crippen molar-refractivity contribution < 1.29 is 19.2 Å². The number of carbonyl (C=O) groups is 4. The summed E-state index contributed by atoms with van der Waals surface area (Å²) in [6, 6.07) is 11.7. The van der Waals surface area contributed by atoms with Crippen LogP contribution in [0, 0.1) is 0 Å². The minimum atomic E-state index is -1.29. The zero-order chi connectivity index (χ0) is 20.5. The van der Waals surface area contributed by atoms with E-state index in [9.17, 15) is 19.2 Å². The first-order valence-electron chi connectivity index (χ1n) is 8.94. The lowest BCUT2D eigenvalue weighted by Crippen LogP contribution is -2.48. The molecule has 0 bridgehead atoms. The third-order valence-corrected chi connectivity index (χ3v) is 4.58. The quantitative estimate of drug-likeness (QED) is 0.701. The topological polar surface area (TPSA) is 108 Å². The van der Waals surface area contributed by atoms with Crippen molar-refractivity contribution >= 4 is 34.6 Å². The van der Waals surface area contributed by atoms with Crippen molar-refractivity contribution in [3.8, 4) is 0 Å². The van der Waals surface area contributed by atoms with E-state index in [1.165, 1.54) is 0 Å². The van der Waals surface area contributed by atoms with Crippen molar-refractivity contribution in [2.45, 2.75) is 32.4 Å². The van der Waals surface area contributed by atoms with Crippen LogP contribution in [0.2, 0.25) is 0 Å². The summed E-state index contributed by atoms with van der Waals surface area (Å²) in [6.07, 6.45) is 0. The van der Waals surface area contributed by atoms with Crippen LogP contribution in [0.15, 0.2) is 42.5 Å². The van der Waals surface area contributed by atoms with Gasteiger partial charge in [-0.05, 0) is 43.2 Å². The molecule has 1 atom stereocenters. The standard InChI is InChI=1S/C20H22N4O4/c1-12(2)21-18(27)22-16(25)11-24-17(26)20(3,23-19(24)28)15-9-8-13-6-4-5-7-14(13)10-15/h4-10,12H,11H2,1-3H3,(H,23,28)(H2,21,22,25,27)/t20-/m1/s1. The highest BCUT2D eigenvalue weighted by Gasteiger charge is 2.49. The Morgan fingerprint density at radius 2 is 1.79 bits per heavy atom. The first kappa shape index (κ1) is 19.3. The molecule has 0 aliphatic carbocycles. The molecule has 3 rings (SSSR count). The predicted molar refractivity (Wildman–Crippen MR) is 103 cm³/mol. The highest BCUT2D eigenvalue weighted by molar-refractivity contribution is 6.10. The summed E-state index contributed by atoms with van der Waals surface area (Å²) in [4.78, 5) is 49.8. The lowest BCUT2D eigenvalue weighted by atomic mass is 9.90. The first-order valence-corrected chi connectivity index (χ1v) is 8.94. The predicted octanol–water partition coefficient (Wildman–Crippen LogP) is 1.84. The minimum absolute atomic E-state index is 0.152. The number of nitrogens with one attached hydrogen (secondary N) is 3. The fourth-order valence-corrected chi connectivity index (χ4v) is 3.14. The maximum atomic E-state index is 12.9. The number of carbonyl (C=O) groups excluding carboxylic acids is 4. The average molecular weight is 382 g/mol. The summed E-state index contributed by atoms with van der Waals surface area (Å²) in [5, 5.41) is 9.22. The smallest absolute Gasteiger partial charge is 0.325 e. The Morgan fingerprint density at radius 1 is 1.11 bits per heavy atom. The van der Waals surface area contributed by atoms with Gasteiger partial charge in [-0.15, -0.1) is 0 Å². The molecule has 3 N–H and O–H groups in total. The second-order valence-corrected chi connectivity index (χ2v) is 7.18. The van der Waals surface area contributed by atoms with Crippen LogP contribution in [0.25, 0.3) is 10.8 Å². The van der Waals surface area contributed by atoms with E-state index in [2.05, 4.69) is 16.0 Å². The van der Waals surface area contributed by atoms with Crippen molar-refractivity contribution in [2.24, 2.45) is 0 Å². The number of amides is 6. The van der Waals surface area contributed by atoms with Crippen molar-refractivity contribution in [3.63, 3.8) is 0 Å². The van der Waals surface area contributed by atoms with E-state index in [0.717, 1.165) is 15.7 Å². The Bertz CT molecular complexity index is 972. The molecule has 0 spiro atoms. The molecule has 1 saturated heterocycles. The Kier molecular flexibility index (Phi) is 5.04. The van der Waals surface area contributed by atoms with Gasteiger partial charge in [0.25, 0.3) is 5.91 Å². The molecule has 0 saturated carbocycles. The Labute approximate surface area is 162 Å². The van der Waals surface area contributed by atoms with Gasteiger partial charge in [-0.3, -0.25) is 19.8 Å². The minimum Gasteiger partial charge on any atom is -0.336 e. The van der Waals surface area contributed by atoms with Gasteiger partial charge in [0.1, 0.15) is 12.1 Å². The third-order valence-electron chi connectivity index (χ3n) is 4.58. The lowest BCUT2D eigenvalue weighted by Gasteiger charge is -2.22. The van der Waals surface area contributed by atoms with E-state index in [-0.39, 0.29) is 6.04 Å². The highest BCUT2D eigenvalue weighted by Crippen LogP contribution is 2.30. The SMILES string of the molecule is CC(C)NC(=O)NC(=O)CN1C(=O)N[C@](C)(c2ccc3ccccc3c2)C1=O. The zero-order valence-electron chi connectivity index (χ0n) is 15.9. The molecule has 1 aliphatic rings. The number of hydrogen-bond donors (Lipinski definition) is 3. The molecule has 6 amide bonds. The van der Waals surface area contributed by atoms with Crippen LogP contribution in [-0.2, 0) is 15.1 Å². The third kappa shape index (κ3) is 3.66. The second-order valence-electron chi connectivity index (χ2n) is 7.18. The molecule has 1 fully saturated rings. The van der Waals surface area contributed by atoms with Crippen molar-refractivity contribution in [1.82, 2.24) is 20.9 Å². The van der Waals surface area contributed by atoms with E-state index >= 15 is 0 Å². The molecule has 0 unspecified atom stereocenters. The van der Waals surface area contributed by atoms with E-state index in [1.807, 2.05) is 36.4 Å². The summed E-state index contributed by atoms with van der Waals surface area (Å²) in [5.41, 5.74) is -0.674. The molecule has 8 nitrogen and oxygen atoms in total. The van der Waals surface area contributed by atoms with E-state index in [1.54, 1.807) is 26.8 Å². The largest absolute Gasteiger partial charge is 0.336 e. The number of hydrogen-bond acceptors (Lipinski definition) is 4. The molecule has 28 heavy (non-hydrogen) atoms. The monoisotopic (exact) mass is 382 g/mol. The van der Waals surface area contributed by atoms with Gasteiger partial charge in [0.05, 0.1) is 0 Å². The van der Waals surface area contributed by atoms with Crippen molar-refractivity contribution in [2.75, 3.05) is 6.54 Å². The molecule has 0 aromatic heterocycles. The summed E-state index contributed by atoms with van der Waals surface area (Å²) < 4.78 is 0. The van der Waals surface area contributed by atoms with Crippen molar-refractivity contribution in [1.29, 1.82) is 0 Å². The molecule has 2 aromatic carbocycles. The normalized spacial score (nSPS) is 19.1. The molecule has 1 aliphatic heterocycles. The maximum absolute atomic E-state index is 12.9. The Morgan fingerprint density at radius 3 is 2.46 bits per heavy atom. The molecular formula is C20H22N4O4. The summed E-state index contributed by atoms with van der Waals surface area (Å²) in [6.45, 7) is 4.55. The van der Waals surface area contributed by atoms with Gasteiger partial charge in [0, 0.05) is 6.04 Å². The Balaban J connectivity index is 1.78.